The van der Waals surface area contributed by atoms with Crippen molar-refractivity contribution in [3.05, 3.63) is 24.2 Å². The summed E-state index contributed by atoms with van der Waals surface area (Å²) in [4.78, 5) is 0. The van der Waals surface area contributed by atoms with Gasteiger partial charge in [0, 0.05) is 7.05 Å². The lowest BCUT2D eigenvalue weighted by molar-refractivity contribution is 0.407. The molecule has 0 N–H and O–H groups in total. The van der Waals surface area contributed by atoms with Gasteiger partial charge in [-0.05, 0) is 19.1 Å². The summed E-state index contributed by atoms with van der Waals surface area (Å²) in [6.45, 7) is 1.91. The highest BCUT2D eigenvalue weighted by Gasteiger charge is 2.15. The number of sulfonamides is 1. The predicted octanol–water partition coefficient (Wildman–Crippen LogP) is 1.06. The summed E-state index contributed by atoms with van der Waals surface area (Å²) in [6, 6.07) is 3.49. The van der Waals surface area contributed by atoms with Crippen molar-refractivity contribution in [1.82, 2.24) is 4.31 Å². The summed E-state index contributed by atoms with van der Waals surface area (Å²) >= 11 is 0. The Morgan fingerprint density at radius 1 is 1.54 bits per heavy atom. The van der Waals surface area contributed by atoms with E-state index in [1.165, 1.54) is 10.6 Å². The van der Waals surface area contributed by atoms with Crippen LogP contribution in [0.25, 0.3) is 0 Å². The first-order chi connectivity index (χ1) is 6.06. The quantitative estimate of drug-likeness (QED) is 0.735. The molecule has 1 aromatic heterocycles. The van der Waals surface area contributed by atoms with Gasteiger partial charge in [0.2, 0.25) is 10.0 Å². The molecule has 13 heavy (non-hydrogen) atoms. The number of nitrogens with zero attached hydrogens (tertiary/aromatic N) is 1. The van der Waals surface area contributed by atoms with Crippen LogP contribution in [0, 0.1) is 0 Å². The van der Waals surface area contributed by atoms with E-state index in [4.69, 9.17) is 4.42 Å². The zero-order chi connectivity index (χ0) is 9.90. The minimum absolute atomic E-state index is 0.115. The maximum atomic E-state index is 11.3. The lowest BCUT2D eigenvalue weighted by Crippen LogP contribution is -2.27. The van der Waals surface area contributed by atoms with E-state index in [1.807, 2.05) is 0 Å². The zero-order valence-electron chi connectivity index (χ0n) is 7.73. The van der Waals surface area contributed by atoms with E-state index in [0.29, 0.717) is 12.3 Å². The molecule has 0 aliphatic heterocycles. The molecule has 0 radical (unpaired) electrons. The molecule has 0 aliphatic carbocycles. The van der Waals surface area contributed by atoms with Gasteiger partial charge in [-0.3, -0.25) is 0 Å². The van der Waals surface area contributed by atoms with Gasteiger partial charge in [-0.25, -0.2) is 8.42 Å². The van der Waals surface area contributed by atoms with Crippen molar-refractivity contribution in [3.8, 4) is 0 Å². The first-order valence-electron chi connectivity index (χ1n) is 4.02. The summed E-state index contributed by atoms with van der Waals surface area (Å²) in [5.41, 5.74) is 0. The molecule has 0 aliphatic rings. The SMILES string of the molecule is CCS(=O)(=O)N(C)Cc1ccco1. The normalized spacial score (nSPS) is 12.2. The second kappa shape index (κ2) is 3.93. The van der Waals surface area contributed by atoms with E-state index in [1.54, 1.807) is 26.1 Å². The fourth-order valence-electron chi connectivity index (χ4n) is 0.941. The van der Waals surface area contributed by atoms with Gasteiger partial charge >= 0.3 is 0 Å². The Labute approximate surface area is 78.2 Å². The van der Waals surface area contributed by atoms with Crippen molar-refractivity contribution in [3.63, 3.8) is 0 Å². The summed E-state index contributed by atoms with van der Waals surface area (Å²) in [5, 5.41) is 0. The number of hydrogen-bond acceptors (Lipinski definition) is 3. The van der Waals surface area contributed by atoms with Crippen LogP contribution in [0.2, 0.25) is 0 Å². The van der Waals surface area contributed by atoms with Crippen molar-refractivity contribution in [2.75, 3.05) is 12.8 Å². The van der Waals surface area contributed by atoms with E-state index >= 15 is 0 Å². The van der Waals surface area contributed by atoms with E-state index in [0.717, 1.165) is 0 Å². The van der Waals surface area contributed by atoms with Gasteiger partial charge in [-0.2, -0.15) is 4.31 Å². The smallest absolute Gasteiger partial charge is 0.213 e. The Morgan fingerprint density at radius 2 is 2.23 bits per heavy atom. The van der Waals surface area contributed by atoms with Crippen LogP contribution < -0.4 is 0 Å². The van der Waals surface area contributed by atoms with Gasteiger partial charge in [-0.1, -0.05) is 0 Å². The first-order valence-corrected chi connectivity index (χ1v) is 5.63. The molecule has 0 spiro atoms. The van der Waals surface area contributed by atoms with Gasteiger partial charge in [0.1, 0.15) is 5.76 Å². The standard InChI is InChI=1S/C8H13NO3S/c1-3-13(10,11)9(2)7-8-5-4-6-12-8/h4-6H,3,7H2,1-2H3. The number of rotatable bonds is 4. The van der Waals surface area contributed by atoms with E-state index in [-0.39, 0.29) is 5.75 Å². The van der Waals surface area contributed by atoms with Crippen LogP contribution in [0.4, 0.5) is 0 Å². The molecular weight excluding hydrogens is 190 g/mol. The third kappa shape index (κ3) is 2.57. The van der Waals surface area contributed by atoms with Crippen molar-refractivity contribution < 1.29 is 12.8 Å². The van der Waals surface area contributed by atoms with Gasteiger partial charge in [0.05, 0.1) is 18.6 Å². The number of hydrogen-bond donors (Lipinski definition) is 0. The molecule has 74 valence electrons. The van der Waals surface area contributed by atoms with Crippen LogP contribution in [-0.2, 0) is 16.6 Å². The average molecular weight is 203 g/mol. The van der Waals surface area contributed by atoms with Crippen molar-refractivity contribution >= 4 is 10.0 Å². The molecule has 0 fully saturated rings. The summed E-state index contributed by atoms with van der Waals surface area (Å²) in [7, 11) is -1.56. The van der Waals surface area contributed by atoms with Crippen LogP contribution in [-0.4, -0.2) is 25.5 Å². The van der Waals surface area contributed by atoms with Gasteiger partial charge < -0.3 is 4.42 Å². The topological polar surface area (TPSA) is 50.5 Å². The third-order valence-corrected chi connectivity index (χ3v) is 3.61. The van der Waals surface area contributed by atoms with E-state index in [2.05, 4.69) is 0 Å². The largest absolute Gasteiger partial charge is 0.468 e. The molecule has 0 atom stereocenters. The summed E-state index contributed by atoms with van der Waals surface area (Å²) in [6.07, 6.45) is 1.53. The van der Waals surface area contributed by atoms with E-state index in [9.17, 15) is 8.42 Å². The Hall–Kier alpha value is -0.810. The lowest BCUT2D eigenvalue weighted by Gasteiger charge is -2.13. The van der Waals surface area contributed by atoms with Gasteiger partial charge in [-0.15, -0.1) is 0 Å². The molecule has 0 saturated heterocycles. The van der Waals surface area contributed by atoms with E-state index < -0.39 is 10.0 Å². The monoisotopic (exact) mass is 203 g/mol. The second-order valence-electron chi connectivity index (χ2n) is 2.74. The van der Waals surface area contributed by atoms with Gasteiger partial charge in [0.25, 0.3) is 0 Å². The summed E-state index contributed by atoms with van der Waals surface area (Å²) in [5.74, 6) is 0.768. The van der Waals surface area contributed by atoms with Crippen LogP contribution in [0.3, 0.4) is 0 Å². The Balaban J connectivity index is 2.66. The molecule has 0 unspecified atom stereocenters. The number of furan rings is 1. The third-order valence-electron chi connectivity index (χ3n) is 1.80. The minimum Gasteiger partial charge on any atom is -0.468 e. The Kier molecular flexibility index (Phi) is 3.11. The molecule has 0 bridgehead atoms. The molecule has 1 aromatic rings. The van der Waals surface area contributed by atoms with Gasteiger partial charge in [0.15, 0.2) is 0 Å². The molecular formula is C8H13NO3S. The van der Waals surface area contributed by atoms with Crippen LogP contribution in [0.1, 0.15) is 12.7 Å². The molecule has 1 heterocycles. The highest BCUT2D eigenvalue weighted by molar-refractivity contribution is 7.89. The van der Waals surface area contributed by atoms with Crippen LogP contribution in [0.15, 0.2) is 22.8 Å². The molecule has 0 aromatic carbocycles. The maximum Gasteiger partial charge on any atom is 0.213 e. The predicted molar refractivity (Wildman–Crippen MR) is 49.6 cm³/mol. The second-order valence-corrected chi connectivity index (χ2v) is 5.10. The fraction of sp³-hybridized carbons (Fsp3) is 0.500. The Morgan fingerprint density at radius 3 is 2.69 bits per heavy atom. The van der Waals surface area contributed by atoms with Crippen LogP contribution in [0.5, 0.6) is 0 Å². The van der Waals surface area contributed by atoms with Crippen molar-refractivity contribution in [1.29, 1.82) is 0 Å². The maximum absolute atomic E-state index is 11.3. The molecule has 0 saturated carbocycles. The fourth-order valence-corrected chi connectivity index (χ4v) is 1.71. The molecule has 1 rings (SSSR count). The van der Waals surface area contributed by atoms with Crippen LogP contribution >= 0.6 is 0 Å². The highest BCUT2D eigenvalue weighted by Crippen LogP contribution is 2.07. The molecule has 4 nitrogen and oxygen atoms in total. The average Bonchev–Trinajstić information content (AvgIpc) is 2.57. The lowest BCUT2D eigenvalue weighted by atomic mass is 10.4. The first kappa shape index (κ1) is 10.3. The Bertz CT molecular complexity index is 341. The molecule has 0 amide bonds. The highest BCUT2D eigenvalue weighted by atomic mass is 32.2. The minimum atomic E-state index is -3.10. The summed E-state index contributed by atoms with van der Waals surface area (Å²) < 4.78 is 28.9. The zero-order valence-corrected chi connectivity index (χ0v) is 8.54. The van der Waals surface area contributed by atoms with Crippen molar-refractivity contribution in [2.45, 2.75) is 13.5 Å². The van der Waals surface area contributed by atoms with Crippen molar-refractivity contribution in [2.24, 2.45) is 0 Å². The molecule has 5 heteroatoms.